The van der Waals surface area contributed by atoms with E-state index in [-0.39, 0.29) is 37.5 Å². The molecule has 0 aromatic rings. The molecule has 0 spiro atoms. The molecule has 0 radical (unpaired) electrons. The van der Waals surface area contributed by atoms with E-state index >= 15 is 0 Å². The lowest BCUT2D eigenvalue weighted by Crippen LogP contribution is -2.30. The highest BCUT2D eigenvalue weighted by Crippen LogP contribution is 2.17. The number of carbonyl (C=O) groups excluding carboxylic acids is 3. The Balaban J connectivity index is 4.36. The molecule has 0 saturated carbocycles. The molecule has 1 unspecified atom stereocenters. The predicted octanol–water partition coefficient (Wildman–Crippen LogP) is 20.2. The molecular formula is C63H114O6. The molecule has 69 heavy (non-hydrogen) atoms. The van der Waals surface area contributed by atoms with Crippen molar-refractivity contribution in [2.24, 2.45) is 0 Å². The van der Waals surface area contributed by atoms with Crippen molar-refractivity contribution in [2.45, 2.75) is 322 Å². The van der Waals surface area contributed by atoms with E-state index in [1.807, 2.05) is 6.08 Å². The quantitative estimate of drug-likeness (QED) is 0.0199. The van der Waals surface area contributed by atoms with Crippen molar-refractivity contribution in [3.05, 3.63) is 48.6 Å². The Hall–Kier alpha value is -2.63. The number of unbranched alkanes of at least 4 members (excludes halogenated alkanes) is 37. The van der Waals surface area contributed by atoms with Gasteiger partial charge in [0.2, 0.25) is 0 Å². The van der Waals surface area contributed by atoms with Gasteiger partial charge in [0.05, 0.1) is 0 Å². The van der Waals surface area contributed by atoms with Crippen molar-refractivity contribution in [3.63, 3.8) is 0 Å². The Morgan fingerprint density at radius 3 is 1.00 bits per heavy atom. The van der Waals surface area contributed by atoms with Crippen LogP contribution in [-0.4, -0.2) is 37.2 Å². The van der Waals surface area contributed by atoms with Crippen LogP contribution in [0.1, 0.15) is 316 Å². The summed E-state index contributed by atoms with van der Waals surface area (Å²) in [5.41, 5.74) is 0. The van der Waals surface area contributed by atoms with Crippen molar-refractivity contribution in [2.75, 3.05) is 13.2 Å². The first kappa shape index (κ1) is 66.4. The van der Waals surface area contributed by atoms with Crippen LogP contribution in [0.5, 0.6) is 0 Å². The molecule has 0 aromatic heterocycles. The molecular weight excluding hydrogens is 853 g/mol. The number of ether oxygens (including phenoxy) is 3. The molecule has 0 rings (SSSR count). The standard InChI is InChI=1S/C63H114O6/c1-4-7-10-13-16-19-22-25-27-29-31-33-35-38-41-44-47-50-53-56-62(65)68-59-60(58-67-61(64)55-52-49-46-43-40-37-24-21-18-15-12-9-6-3)69-63(66)57-54-51-48-45-42-39-36-34-32-30-28-26-23-20-17-14-11-8-5-2/h16,19,22,25,37,40,46,49,60H,4-15,17-18,20-21,23-24,26-36,38-39,41-45,47-48,50-59H2,1-3H3/b19-16+,25-22+,40-37+,49-46+. The zero-order valence-corrected chi connectivity index (χ0v) is 46.1. The minimum Gasteiger partial charge on any atom is -0.462 e. The van der Waals surface area contributed by atoms with Crippen LogP contribution in [0.15, 0.2) is 48.6 Å². The number of hydrogen-bond donors (Lipinski definition) is 0. The largest absolute Gasteiger partial charge is 0.462 e. The predicted molar refractivity (Wildman–Crippen MR) is 298 cm³/mol. The van der Waals surface area contributed by atoms with Crippen LogP contribution in [0.4, 0.5) is 0 Å². The minimum atomic E-state index is -0.795. The van der Waals surface area contributed by atoms with Gasteiger partial charge in [-0.1, -0.05) is 281 Å². The summed E-state index contributed by atoms with van der Waals surface area (Å²) in [6.07, 6.45) is 71.2. The Kier molecular flexibility index (Phi) is 55.7. The van der Waals surface area contributed by atoms with E-state index in [9.17, 15) is 14.4 Å². The SMILES string of the molecule is CCCCC/C=C/C=C/CCCCCCCCCCCCC(=O)OCC(COC(=O)CC/C=C/C/C=C/CCCCCCCC)OC(=O)CCCCCCCCCCCCCCCCCCCCC. The van der Waals surface area contributed by atoms with E-state index in [4.69, 9.17) is 14.2 Å². The van der Waals surface area contributed by atoms with Crippen LogP contribution in [0.3, 0.4) is 0 Å². The number of allylic oxidation sites excluding steroid dienone is 8. The first-order valence-electron chi connectivity index (χ1n) is 30.2. The van der Waals surface area contributed by atoms with E-state index in [1.54, 1.807) is 0 Å². The van der Waals surface area contributed by atoms with Gasteiger partial charge in [0.1, 0.15) is 13.2 Å². The zero-order chi connectivity index (χ0) is 50.0. The Morgan fingerprint density at radius 1 is 0.304 bits per heavy atom. The average molecular weight is 968 g/mol. The molecule has 0 bridgehead atoms. The summed E-state index contributed by atoms with van der Waals surface area (Å²) in [6, 6.07) is 0. The fourth-order valence-electron chi connectivity index (χ4n) is 8.78. The van der Waals surface area contributed by atoms with Crippen molar-refractivity contribution in [3.8, 4) is 0 Å². The molecule has 0 aliphatic heterocycles. The second-order valence-electron chi connectivity index (χ2n) is 20.3. The maximum atomic E-state index is 12.9. The summed E-state index contributed by atoms with van der Waals surface area (Å²) in [5.74, 6) is -0.945. The van der Waals surface area contributed by atoms with Gasteiger partial charge < -0.3 is 14.2 Å². The molecule has 0 amide bonds. The molecule has 1 atom stereocenters. The summed E-state index contributed by atoms with van der Waals surface area (Å²) in [4.78, 5) is 38.2. The topological polar surface area (TPSA) is 78.9 Å². The fraction of sp³-hybridized carbons (Fsp3) is 0.825. The minimum absolute atomic E-state index is 0.0888. The number of hydrogen-bond acceptors (Lipinski definition) is 6. The third-order valence-corrected chi connectivity index (χ3v) is 13.3. The molecule has 0 aromatic carbocycles. The lowest BCUT2D eigenvalue weighted by Gasteiger charge is -2.18. The lowest BCUT2D eigenvalue weighted by molar-refractivity contribution is -0.166. The molecule has 0 aliphatic rings. The molecule has 0 fully saturated rings. The third kappa shape index (κ3) is 56.2. The highest BCUT2D eigenvalue weighted by atomic mass is 16.6. The highest BCUT2D eigenvalue weighted by molar-refractivity contribution is 5.71. The van der Waals surface area contributed by atoms with Gasteiger partial charge in [0.25, 0.3) is 0 Å². The zero-order valence-electron chi connectivity index (χ0n) is 46.1. The first-order valence-corrected chi connectivity index (χ1v) is 30.2. The van der Waals surface area contributed by atoms with Gasteiger partial charge >= 0.3 is 17.9 Å². The normalized spacial score (nSPS) is 12.3. The smallest absolute Gasteiger partial charge is 0.306 e. The molecule has 0 N–H and O–H groups in total. The second-order valence-corrected chi connectivity index (χ2v) is 20.3. The summed E-state index contributed by atoms with van der Waals surface area (Å²) < 4.78 is 16.8. The van der Waals surface area contributed by atoms with Crippen LogP contribution in [-0.2, 0) is 28.6 Å². The van der Waals surface area contributed by atoms with Crippen molar-refractivity contribution >= 4 is 17.9 Å². The summed E-state index contributed by atoms with van der Waals surface area (Å²) in [6.45, 7) is 6.59. The van der Waals surface area contributed by atoms with Crippen LogP contribution < -0.4 is 0 Å². The number of rotatable bonds is 55. The van der Waals surface area contributed by atoms with E-state index in [2.05, 4.69) is 63.3 Å². The third-order valence-electron chi connectivity index (χ3n) is 13.3. The summed E-state index contributed by atoms with van der Waals surface area (Å²) >= 11 is 0. The highest BCUT2D eigenvalue weighted by Gasteiger charge is 2.19. The van der Waals surface area contributed by atoms with Crippen LogP contribution in [0, 0.1) is 0 Å². The summed E-state index contributed by atoms with van der Waals surface area (Å²) in [7, 11) is 0. The van der Waals surface area contributed by atoms with Gasteiger partial charge in [0.15, 0.2) is 6.10 Å². The van der Waals surface area contributed by atoms with Crippen molar-refractivity contribution in [1.82, 2.24) is 0 Å². The maximum Gasteiger partial charge on any atom is 0.306 e. The van der Waals surface area contributed by atoms with Crippen molar-refractivity contribution in [1.29, 1.82) is 0 Å². The van der Waals surface area contributed by atoms with Gasteiger partial charge in [-0.3, -0.25) is 14.4 Å². The molecule has 402 valence electrons. The number of carbonyl (C=O) groups is 3. The average Bonchev–Trinajstić information content (AvgIpc) is 3.35. The van der Waals surface area contributed by atoms with Gasteiger partial charge in [0, 0.05) is 19.3 Å². The van der Waals surface area contributed by atoms with Gasteiger partial charge in [-0.15, -0.1) is 0 Å². The first-order chi connectivity index (χ1) is 34.0. The molecule has 0 heterocycles. The van der Waals surface area contributed by atoms with Gasteiger partial charge in [-0.05, 0) is 64.2 Å². The van der Waals surface area contributed by atoms with Gasteiger partial charge in [-0.25, -0.2) is 0 Å². The lowest BCUT2D eigenvalue weighted by atomic mass is 10.0. The Morgan fingerprint density at radius 2 is 0.594 bits per heavy atom. The Bertz CT molecular complexity index is 1200. The van der Waals surface area contributed by atoms with E-state index in [0.717, 1.165) is 51.4 Å². The van der Waals surface area contributed by atoms with Crippen LogP contribution in [0.2, 0.25) is 0 Å². The Labute approximate surface area is 428 Å². The molecule has 6 heteroatoms. The van der Waals surface area contributed by atoms with E-state index in [0.29, 0.717) is 19.3 Å². The monoisotopic (exact) mass is 967 g/mol. The van der Waals surface area contributed by atoms with E-state index < -0.39 is 6.10 Å². The molecule has 6 nitrogen and oxygen atoms in total. The summed E-state index contributed by atoms with van der Waals surface area (Å²) in [5, 5.41) is 0. The molecule has 0 saturated heterocycles. The second kappa shape index (κ2) is 57.9. The fourth-order valence-corrected chi connectivity index (χ4v) is 8.78. The van der Waals surface area contributed by atoms with E-state index in [1.165, 1.54) is 218 Å². The van der Waals surface area contributed by atoms with Crippen LogP contribution >= 0.6 is 0 Å². The van der Waals surface area contributed by atoms with Crippen LogP contribution in [0.25, 0.3) is 0 Å². The maximum absolute atomic E-state index is 12.9. The van der Waals surface area contributed by atoms with Crippen molar-refractivity contribution < 1.29 is 28.6 Å². The number of esters is 3. The van der Waals surface area contributed by atoms with Gasteiger partial charge in [-0.2, -0.15) is 0 Å². The molecule has 0 aliphatic carbocycles.